The number of amides is 1. The van der Waals surface area contributed by atoms with E-state index in [2.05, 4.69) is 10.3 Å². The first-order chi connectivity index (χ1) is 9.97. The average molecular weight is 305 g/mol. The molecule has 0 spiro atoms. The molecular formula is C16H17ClN2O2. The summed E-state index contributed by atoms with van der Waals surface area (Å²) in [4.78, 5) is 16.1. The molecular weight excluding hydrogens is 288 g/mol. The van der Waals surface area contributed by atoms with Gasteiger partial charge in [-0.05, 0) is 49.7 Å². The van der Waals surface area contributed by atoms with Crippen LogP contribution in [0.15, 0.2) is 48.8 Å². The Morgan fingerprint density at radius 1 is 1.29 bits per heavy atom. The molecule has 0 unspecified atom stereocenters. The lowest BCUT2D eigenvalue weighted by Crippen LogP contribution is -2.43. The molecule has 4 nitrogen and oxygen atoms in total. The van der Waals surface area contributed by atoms with Crippen LogP contribution < -0.4 is 10.1 Å². The van der Waals surface area contributed by atoms with Crippen LogP contribution in [0.3, 0.4) is 0 Å². The maximum atomic E-state index is 12.0. The third-order valence-corrected chi connectivity index (χ3v) is 3.27. The number of hydrogen-bond acceptors (Lipinski definition) is 3. The van der Waals surface area contributed by atoms with Gasteiger partial charge in [-0.25, -0.2) is 0 Å². The van der Waals surface area contributed by atoms with Crippen molar-refractivity contribution in [1.82, 2.24) is 10.3 Å². The Bertz CT molecular complexity index is 597. The molecule has 0 fully saturated rings. The molecule has 0 aliphatic carbocycles. The summed E-state index contributed by atoms with van der Waals surface area (Å²) >= 11 is 5.79. The van der Waals surface area contributed by atoms with Crippen molar-refractivity contribution in [3.05, 3.63) is 59.4 Å². The number of halogens is 1. The Balaban J connectivity index is 1.91. The number of benzene rings is 1. The molecule has 1 aromatic carbocycles. The van der Waals surface area contributed by atoms with E-state index in [4.69, 9.17) is 16.3 Å². The van der Waals surface area contributed by atoms with Crippen molar-refractivity contribution < 1.29 is 9.53 Å². The molecule has 1 heterocycles. The molecule has 0 bridgehead atoms. The van der Waals surface area contributed by atoms with E-state index in [1.807, 2.05) is 26.0 Å². The van der Waals surface area contributed by atoms with E-state index >= 15 is 0 Å². The molecule has 1 amide bonds. The van der Waals surface area contributed by atoms with Gasteiger partial charge < -0.3 is 10.1 Å². The molecule has 0 aliphatic rings. The second kappa shape index (κ2) is 6.59. The Morgan fingerprint density at radius 2 is 2.00 bits per heavy atom. The fourth-order valence-electron chi connectivity index (χ4n) is 1.87. The zero-order valence-corrected chi connectivity index (χ0v) is 12.7. The zero-order chi connectivity index (χ0) is 15.3. The molecule has 2 rings (SSSR count). The lowest BCUT2D eigenvalue weighted by molar-refractivity contribution is -0.124. The van der Waals surface area contributed by atoms with Crippen LogP contribution in [-0.4, -0.2) is 17.5 Å². The third-order valence-electron chi connectivity index (χ3n) is 3.02. The van der Waals surface area contributed by atoms with E-state index in [9.17, 15) is 4.79 Å². The first-order valence-corrected chi connectivity index (χ1v) is 6.95. The molecule has 0 radical (unpaired) electrons. The van der Waals surface area contributed by atoms with Gasteiger partial charge in [-0.1, -0.05) is 17.7 Å². The standard InChI is InChI=1S/C16H17ClN2O2/c1-16(2,12-4-3-9-18-10-12)19-15(20)11-21-14-7-5-13(17)6-8-14/h3-10H,11H2,1-2H3,(H,19,20). The van der Waals surface area contributed by atoms with Gasteiger partial charge in [-0.2, -0.15) is 0 Å². The van der Waals surface area contributed by atoms with Gasteiger partial charge in [0.15, 0.2) is 6.61 Å². The zero-order valence-electron chi connectivity index (χ0n) is 12.0. The van der Waals surface area contributed by atoms with E-state index in [0.29, 0.717) is 10.8 Å². The number of nitrogens with one attached hydrogen (secondary N) is 1. The van der Waals surface area contributed by atoms with Gasteiger partial charge >= 0.3 is 0 Å². The van der Waals surface area contributed by atoms with Gasteiger partial charge in [-0.3, -0.25) is 9.78 Å². The highest BCUT2D eigenvalue weighted by Crippen LogP contribution is 2.19. The molecule has 0 atom stereocenters. The van der Waals surface area contributed by atoms with Crippen LogP contribution in [0.5, 0.6) is 5.75 Å². The van der Waals surface area contributed by atoms with E-state index in [1.165, 1.54) is 0 Å². The molecule has 0 saturated carbocycles. The molecule has 1 aromatic heterocycles. The maximum Gasteiger partial charge on any atom is 0.258 e. The number of pyridine rings is 1. The van der Waals surface area contributed by atoms with Crippen molar-refractivity contribution in [2.45, 2.75) is 19.4 Å². The summed E-state index contributed by atoms with van der Waals surface area (Å²) in [5, 5.41) is 3.55. The van der Waals surface area contributed by atoms with Gasteiger partial charge in [0.1, 0.15) is 5.75 Å². The molecule has 21 heavy (non-hydrogen) atoms. The van der Waals surface area contributed by atoms with Crippen molar-refractivity contribution in [2.75, 3.05) is 6.61 Å². The Kier molecular flexibility index (Phi) is 4.81. The van der Waals surface area contributed by atoms with Crippen molar-refractivity contribution in [2.24, 2.45) is 0 Å². The van der Waals surface area contributed by atoms with Crippen LogP contribution in [-0.2, 0) is 10.3 Å². The second-order valence-electron chi connectivity index (χ2n) is 5.16. The minimum Gasteiger partial charge on any atom is -0.484 e. The van der Waals surface area contributed by atoms with E-state index in [1.54, 1.807) is 36.7 Å². The van der Waals surface area contributed by atoms with Crippen LogP contribution in [0.2, 0.25) is 5.02 Å². The van der Waals surface area contributed by atoms with Gasteiger partial charge in [0.05, 0.1) is 5.54 Å². The van der Waals surface area contributed by atoms with Gasteiger partial charge in [-0.15, -0.1) is 0 Å². The largest absolute Gasteiger partial charge is 0.484 e. The lowest BCUT2D eigenvalue weighted by atomic mass is 9.96. The molecule has 2 aromatic rings. The highest BCUT2D eigenvalue weighted by Gasteiger charge is 2.23. The Hall–Kier alpha value is -2.07. The quantitative estimate of drug-likeness (QED) is 0.923. The predicted molar refractivity (Wildman–Crippen MR) is 82.4 cm³/mol. The van der Waals surface area contributed by atoms with Crippen molar-refractivity contribution in [3.63, 3.8) is 0 Å². The Labute approximate surface area is 129 Å². The fraction of sp³-hybridized carbons (Fsp3) is 0.250. The Morgan fingerprint density at radius 3 is 2.62 bits per heavy atom. The number of nitrogens with zero attached hydrogens (tertiary/aromatic N) is 1. The normalized spacial score (nSPS) is 11.0. The summed E-state index contributed by atoms with van der Waals surface area (Å²) in [6.45, 7) is 3.79. The number of ether oxygens (including phenoxy) is 1. The smallest absolute Gasteiger partial charge is 0.258 e. The number of hydrogen-bond donors (Lipinski definition) is 1. The SMILES string of the molecule is CC(C)(NC(=O)COc1ccc(Cl)cc1)c1cccnc1. The van der Waals surface area contributed by atoms with E-state index in [-0.39, 0.29) is 12.5 Å². The maximum absolute atomic E-state index is 12.0. The monoisotopic (exact) mass is 304 g/mol. The minimum atomic E-state index is -0.505. The first-order valence-electron chi connectivity index (χ1n) is 6.57. The molecule has 5 heteroatoms. The minimum absolute atomic E-state index is 0.0503. The highest BCUT2D eigenvalue weighted by molar-refractivity contribution is 6.30. The number of aromatic nitrogens is 1. The molecule has 0 aliphatic heterocycles. The molecule has 110 valence electrons. The van der Waals surface area contributed by atoms with Crippen LogP contribution in [0.25, 0.3) is 0 Å². The summed E-state index contributed by atoms with van der Waals surface area (Å²) in [5.41, 5.74) is 0.430. The lowest BCUT2D eigenvalue weighted by Gasteiger charge is -2.26. The van der Waals surface area contributed by atoms with Gasteiger partial charge in [0, 0.05) is 17.4 Å². The third kappa shape index (κ3) is 4.46. The average Bonchev–Trinajstić information content (AvgIpc) is 2.47. The van der Waals surface area contributed by atoms with Crippen molar-refractivity contribution in [1.29, 1.82) is 0 Å². The van der Waals surface area contributed by atoms with Crippen LogP contribution in [0, 0.1) is 0 Å². The summed E-state index contributed by atoms with van der Waals surface area (Å²) in [6, 6.07) is 10.6. The summed E-state index contributed by atoms with van der Waals surface area (Å²) < 4.78 is 5.42. The van der Waals surface area contributed by atoms with Crippen LogP contribution >= 0.6 is 11.6 Å². The predicted octanol–water partition coefficient (Wildman–Crippen LogP) is 3.17. The van der Waals surface area contributed by atoms with E-state index in [0.717, 1.165) is 5.56 Å². The fourth-order valence-corrected chi connectivity index (χ4v) is 1.99. The first kappa shape index (κ1) is 15.3. The summed E-state index contributed by atoms with van der Waals surface area (Å²) in [5.74, 6) is 0.410. The van der Waals surface area contributed by atoms with Gasteiger partial charge in [0.25, 0.3) is 5.91 Å². The van der Waals surface area contributed by atoms with Crippen LogP contribution in [0.4, 0.5) is 0 Å². The highest BCUT2D eigenvalue weighted by atomic mass is 35.5. The topological polar surface area (TPSA) is 51.2 Å². The van der Waals surface area contributed by atoms with Gasteiger partial charge in [0.2, 0.25) is 0 Å². The van der Waals surface area contributed by atoms with Crippen molar-refractivity contribution in [3.8, 4) is 5.75 Å². The summed E-state index contributed by atoms with van der Waals surface area (Å²) in [7, 11) is 0. The number of carbonyl (C=O) groups excluding carboxylic acids is 1. The van der Waals surface area contributed by atoms with Crippen LogP contribution in [0.1, 0.15) is 19.4 Å². The van der Waals surface area contributed by atoms with E-state index < -0.39 is 5.54 Å². The molecule has 0 saturated heterocycles. The molecule has 1 N–H and O–H groups in total. The second-order valence-corrected chi connectivity index (χ2v) is 5.59. The number of carbonyl (C=O) groups is 1. The summed E-state index contributed by atoms with van der Waals surface area (Å²) in [6.07, 6.45) is 3.44. The number of rotatable bonds is 5. The van der Waals surface area contributed by atoms with Crippen molar-refractivity contribution >= 4 is 17.5 Å².